The second-order valence-electron chi connectivity index (χ2n) is 5.23. The van der Waals surface area contributed by atoms with Gasteiger partial charge in [-0.1, -0.05) is 6.07 Å². The van der Waals surface area contributed by atoms with Crippen molar-refractivity contribution in [1.29, 1.82) is 0 Å². The standard InChI is InChI=1S/C13H20N2O4S2/c1-10(12-4-3-9-20-12)14(2)21(18,19)15-7-5-11(6-8-15)13(16)17/h3-4,9-11H,5-8H2,1-2H3,(H,16,17). The van der Waals surface area contributed by atoms with E-state index in [9.17, 15) is 13.2 Å². The second-order valence-corrected chi connectivity index (χ2v) is 8.19. The van der Waals surface area contributed by atoms with Crippen molar-refractivity contribution >= 4 is 27.5 Å². The van der Waals surface area contributed by atoms with Crippen molar-refractivity contribution in [3.63, 3.8) is 0 Å². The first kappa shape index (κ1) is 16.4. The molecule has 0 radical (unpaired) electrons. The van der Waals surface area contributed by atoms with Crippen LogP contribution >= 0.6 is 11.3 Å². The molecule has 1 fully saturated rings. The normalized spacial score (nSPS) is 19.8. The summed E-state index contributed by atoms with van der Waals surface area (Å²) in [6, 6.07) is 3.58. The van der Waals surface area contributed by atoms with Gasteiger partial charge in [0.1, 0.15) is 0 Å². The van der Waals surface area contributed by atoms with Crippen LogP contribution in [0.5, 0.6) is 0 Å². The summed E-state index contributed by atoms with van der Waals surface area (Å²) in [5.74, 6) is -1.27. The number of aliphatic carboxylic acids is 1. The van der Waals surface area contributed by atoms with E-state index in [-0.39, 0.29) is 19.1 Å². The number of nitrogens with zero attached hydrogens (tertiary/aromatic N) is 2. The molecule has 1 N–H and O–H groups in total. The van der Waals surface area contributed by atoms with E-state index < -0.39 is 22.1 Å². The van der Waals surface area contributed by atoms with Crippen molar-refractivity contribution in [2.45, 2.75) is 25.8 Å². The van der Waals surface area contributed by atoms with E-state index in [4.69, 9.17) is 5.11 Å². The van der Waals surface area contributed by atoms with E-state index in [1.807, 2.05) is 24.4 Å². The highest BCUT2D eigenvalue weighted by molar-refractivity contribution is 7.86. The molecule has 1 unspecified atom stereocenters. The lowest BCUT2D eigenvalue weighted by Crippen LogP contribution is -2.47. The van der Waals surface area contributed by atoms with Crippen LogP contribution in [0.15, 0.2) is 17.5 Å². The van der Waals surface area contributed by atoms with Crippen LogP contribution in [-0.4, -0.2) is 48.2 Å². The number of carbonyl (C=O) groups is 1. The molecule has 2 heterocycles. The topological polar surface area (TPSA) is 77.9 Å². The molecule has 1 aliphatic heterocycles. The SMILES string of the molecule is CC(c1cccs1)N(C)S(=O)(=O)N1CCC(C(=O)O)CC1. The van der Waals surface area contributed by atoms with Gasteiger partial charge in [-0.15, -0.1) is 11.3 Å². The fourth-order valence-corrected chi connectivity index (χ4v) is 4.87. The number of hydrogen-bond acceptors (Lipinski definition) is 4. The Balaban J connectivity index is 2.06. The van der Waals surface area contributed by atoms with Crippen LogP contribution in [0.3, 0.4) is 0 Å². The molecular formula is C13H20N2O4S2. The van der Waals surface area contributed by atoms with E-state index in [2.05, 4.69) is 0 Å². The number of thiophene rings is 1. The summed E-state index contributed by atoms with van der Waals surface area (Å²) in [5, 5.41) is 10.9. The zero-order chi connectivity index (χ0) is 15.6. The first-order valence-corrected chi connectivity index (χ1v) is 9.11. The average molecular weight is 332 g/mol. The van der Waals surface area contributed by atoms with Gasteiger partial charge in [0.25, 0.3) is 10.2 Å². The summed E-state index contributed by atoms with van der Waals surface area (Å²) in [6.07, 6.45) is 0.742. The van der Waals surface area contributed by atoms with Crippen LogP contribution in [0.25, 0.3) is 0 Å². The Bertz CT molecular complexity index is 577. The number of carboxylic acid groups (broad SMARTS) is 1. The van der Waals surface area contributed by atoms with Crippen LogP contribution in [0.2, 0.25) is 0 Å². The third kappa shape index (κ3) is 3.45. The van der Waals surface area contributed by atoms with E-state index in [0.717, 1.165) is 4.88 Å². The third-order valence-corrected chi connectivity index (χ3v) is 7.10. The highest BCUT2D eigenvalue weighted by atomic mass is 32.2. The maximum atomic E-state index is 12.6. The molecule has 21 heavy (non-hydrogen) atoms. The predicted molar refractivity (Wildman–Crippen MR) is 81.3 cm³/mol. The quantitative estimate of drug-likeness (QED) is 0.891. The van der Waals surface area contributed by atoms with Gasteiger partial charge < -0.3 is 5.11 Å². The van der Waals surface area contributed by atoms with Gasteiger partial charge >= 0.3 is 5.97 Å². The molecule has 1 aromatic rings. The van der Waals surface area contributed by atoms with Crippen molar-refractivity contribution in [3.05, 3.63) is 22.4 Å². The number of hydrogen-bond donors (Lipinski definition) is 1. The first-order valence-electron chi connectivity index (χ1n) is 6.83. The molecule has 118 valence electrons. The summed E-state index contributed by atoms with van der Waals surface area (Å²) < 4.78 is 28.0. The van der Waals surface area contributed by atoms with Gasteiger partial charge in [0.05, 0.1) is 12.0 Å². The summed E-state index contributed by atoms with van der Waals surface area (Å²) in [4.78, 5) is 11.9. The van der Waals surface area contributed by atoms with E-state index in [1.165, 1.54) is 19.9 Å². The summed E-state index contributed by atoms with van der Waals surface area (Å²) in [7, 11) is -1.98. The van der Waals surface area contributed by atoms with Gasteiger partial charge in [0.15, 0.2) is 0 Å². The molecule has 1 atom stereocenters. The van der Waals surface area contributed by atoms with Crippen LogP contribution < -0.4 is 0 Å². The second kappa shape index (κ2) is 6.43. The molecule has 1 saturated heterocycles. The number of rotatable bonds is 5. The fourth-order valence-electron chi connectivity index (χ4n) is 2.42. The van der Waals surface area contributed by atoms with E-state index in [1.54, 1.807) is 7.05 Å². The summed E-state index contributed by atoms with van der Waals surface area (Å²) in [6.45, 7) is 2.38. The van der Waals surface area contributed by atoms with Crippen LogP contribution in [0.4, 0.5) is 0 Å². The smallest absolute Gasteiger partial charge is 0.306 e. The minimum Gasteiger partial charge on any atom is -0.481 e. The summed E-state index contributed by atoms with van der Waals surface area (Å²) >= 11 is 1.52. The largest absolute Gasteiger partial charge is 0.481 e. The third-order valence-electron chi connectivity index (χ3n) is 3.99. The Morgan fingerprint density at radius 3 is 2.57 bits per heavy atom. The predicted octanol–water partition coefficient (Wildman–Crippen LogP) is 1.78. The Morgan fingerprint density at radius 1 is 1.48 bits per heavy atom. The lowest BCUT2D eigenvalue weighted by molar-refractivity contribution is -0.142. The lowest BCUT2D eigenvalue weighted by atomic mass is 9.99. The van der Waals surface area contributed by atoms with Crippen molar-refractivity contribution < 1.29 is 18.3 Å². The van der Waals surface area contributed by atoms with E-state index >= 15 is 0 Å². The molecule has 2 rings (SSSR count). The molecule has 0 aliphatic carbocycles. The molecule has 0 amide bonds. The maximum Gasteiger partial charge on any atom is 0.306 e. The fraction of sp³-hybridized carbons (Fsp3) is 0.615. The Kier molecular flexibility index (Phi) is 5.03. The Hall–Kier alpha value is -0.960. The van der Waals surface area contributed by atoms with Crippen molar-refractivity contribution in [2.24, 2.45) is 5.92 Å². The Morgan fingerprint density at radius 2 is 2.10 bits per heavy atom. The summed E-state index contributed by atoms with van der Waals surface area (Å²) in [5.41, 5.74) is 0. The molecule has 0 aromatic carbocycles. The molecule has 0 saturated carbocycles. The average Bonchev–Trinajstić information content (AvgIpc) is 3.00. The Labute approximate surface area is 129 Å². The van der Waals surface area contributed by atoms with Gasteiger partial charge in [0.2, 0.25) is 0 Å². The van der Waals surface area contributed by atoms with Gasteiger partial charge in [-0.25, -0.2) is 0 Å². The van der Waals surface area contributed by atoms with Gasteiger partial charge in [0, 0.05) is 25.0 Å². The molecule has 0 bridgehead atoms. The van der Waals surface area contributed by atoms with Gasteiger partial charge in [-0.05, 0) is 31.2 Å². The van der Waals surface area contributed by atoms with Crippen LogP contribution in [-0.2, 0) is 15.0 Å². The molecule has 0 spiro atoms. The van der Waals surface area contributed by atoms with Crippen molar-refractivity contribution in [2.75, 3.05) is 20.1 Å². The number of carboxylic acids is 1. The number of piperidine rings is 1. The van der Waals surface area contributed by atoms with Crippen molar-refractivity contribution in [3.8, 4) is 0 Å². The molecule has 1 aliphatic rings. The van der Waals surface area contributed by atoms with E-state index in [0.29, 0.717) is 12.8 Å². The highest BCUT2D eigenvalue weighted by Crippen LogP contribution is 2.28. The minimum atomic E-state index is -3.56. The first-order chi connectivity index (χ1) is 9.84. The molecule has 6 nitrogen and oxygen atoms in total. The van der Waals surface area contributed by atoms with Crippen LogP contribution in [0.1, 0.15) is 30.7 Å². The molecular weight excluding hydrogens is 312 g/mol. The van der Waals surface area contributed by atoms with Gasteiger partial charge in [-0.3, -0.25) is 4.79 Å². The molecule has 1 aromatic heterocycles. The van der Waals surface area contributed by atoms with Gasteiger partial charge in [-0.2, -0.15) is 17.0 Å². The maximum absolute atomic E-state index is 12.6. The minimum absolute atomic E-state index is 0.229. The highest BCUT2D eigenvalue weighted by Gasteiger charge is 2.35. The molecule has 8 heteroatoms. The monoisotopic (exact) mass is 332 g/mol. The lowest BCUT2D eigenvalue weighted by Gasteiger charge is -2.34. The zero-order valence-corrected chi connectivity index (χ0v) is 13.7. The van der Waals surface area contributed by atoms with Crippen LogP contribution in [0, 0.1) is 5.92 Å². The van der Waals surface area contributed by atoms with Crippen molar-refractivity contribution in [1.82, 2.24) is 8.61 Å². The zero-order valence-electron chi connectivity index (χ0n) is 12.1.